The fourth-order valence-electron chi connectivity index (χ4n) is 3.60. The largest absolute Gasteiger partial charge is 0.342 e. The quantitative estimate of drug-likeness (QED) is 0.843. The standard InChI is InChI=1S/C20H27N5/c1-5-16-8-7-9-22-20(16)17-12-15(3)24(14-17)19-13-23-25(11-10-21-4)18(19)6-2/h5,7-9,13,17,21H,1,3,6,10-12,14H2,2,4H3. The highest BCUT2D eigenvalue weighted by atomic mass is 15.3. The number of nitrogens with zero attached hydrogens (tertiary/aromatic N) is 4. The Kier molecular flexibility index (Phi) is 5.34. The summed E-state index contributed by atoms with van der Waals surface area (Å²) < 4.78 is 2.10. The number of anilines is 1. The summed E-state index contributed by atoms with van der Waals surface area (Å²) >= 11 is 0. The van der Waals surface area contributed by atoms with Crippen molar-refractivity contribution in [2.24, 2.45) is 0 Å². The molecule has 0 saturated carbocycles. The summed E-state index contributed by atoms with van der Waals surface area (Å²) in [6.45, 7) is 13.1. The molecule has 3 heterocycles. The van der Waals surface area contributed by atoms with Crippen LogP contribution in [-0.2, 0) is 13.0 Å². The normalized spacial score (nSPS) is 17.3. The van der Waals surface area contributed by atoms with Crippen molar-refractivity contribution in [2.75, 3.05) is 25.0 Å². The number of nitrogens with one attached hydrogen (secondary N) is 1. The summed E-state index contributed by atoms with van der Waals surface area (Å²) in [6.07, 6.45) is 7.61. The minimum Gasteiger partial charge on any atom is -0.342 e. The van der Waals surface area contributed by atoms with Gasteiger partial charge in [-0.25, -0.2) is 0 Å². The van der Waals surface area contributed by atoms with Crippen LogP contribution in [0.25, 0.3) is 6.08 Å². The molecule has 1 unspecified atom stereocenters. The van der Waals surface area contributed by atoms with Crippen molar-refractivity contribution < 1.29 is 0 Å². The van der Waals surface area contributed by atoms with Crippen LogP contribution in [0.2, 0.25) is 0 Å². The number of hydrogen-bond donors (Lipinski definition) is 1. The third-order valence-electron chi connectivity index (χ3n) is 4.87. The number of pyridine rings is 1. The summed E-state index contributed by atoms with van der Waals surface area (Å²) in [5, 5.41) is 7.78. The Labute approximate surface area is 150 Å². The first-order chi connectivity index (χ1) is 12.2. The van der Waals surface area contributed by atoms with Crippen LogP contribution in [0.1, 0.15) is 36.2 Å². The average Bonchev–Trinajstić information content (AvgIpc) is 3.22. The van der Waals surface area contributed by atoms with E-state index in [0.29, 0.717) is 5.92 Å². The predicted octanol–water partition coefficient (Wildman–Crippen LogP) is 3.21. The smallest absolute Gasteiger partial charge is 0.0827 e. The van der Waals surface area contributed by atoms with E-state index in [1.54, 1.807) is 0 Å². The van der Waals surface area contributed by atoms with Crippen molar-refractivity contribution >= 4 is 11.8 Å². The van der Waals surface area contributed by atoms with Gasteiger partial charge in [-0.1, -0.05) is 32.2 Å². The Morgan fingerprint density at radius 2 is 2.28 bits per heavy atom. The van der Waals surface area contributed by atoms with Crippen LogP contribution in [0.3, 0.4) is 0 Å². The highest BCUT2D eigenvalue weighted by molar-refractivity contribution is 5.59. The lowest BCUT2D eigenvalue weighted by Crippen LogP contribution is -2.21. The van der Waals surface area contributed by atoms with E-state index in [0.717, 1.165) is 49.4 Å². The molecule has 5 nitrogen and oxygen atoms in total. The van der Waals surface area contributed by atoms with Gasteiger partial charge in [-0.2, -0.15) is 5.10 Å². The van der Waals surface area contributed by atoms with Crippen LogP contribution in [0.4, 0.5) is 5.69 Å². The van der Waals surface area contributed by atoms with Gasteiger partial charge in [-0.3, -0.25) is 9.67 Å². The zero-order valence-corrected chi connectivity index (χ0v) is 15.2. The van der Waals surface area contributed by atoms with Crippen molar-refractivity contribution in [1.29, 1.82) is 0 Å². The molecule has 0 radical (unpaired) electrons. The van der Waals surface area contributed by atoms with Crippen LogP contribution >= 0.6 is 0 Å². The summed E-state index contributed by atoms with van der Waals surface area (Å²) in [5.74, 6) is 0.340. The lowest BCUT2D eigenvalue weighted by Gasteiger charge is -2.20. The topological polar surface area (TPSA) is 46.0 Å². The molecule has 1 atom stereocenters. The molecular formula is C20H27N5. The highest BCUT2D eigenvalue weighted by Crippen LogP contribution is 2.38. The molecule has 1 fully saturated rings. The Bertz CT molecular complexity index is 761. The number of hydrogen-bond acceptors (Lipinski definition) is 4. The maximum absolute atomic E-state index is 4.61. The van der Waals surface area contributed by atoms with E-state index in [9.17, 15) is 0 Å². The molecule has 0 aromatic carbocycles. The molecule has 25 heavy (non-hydrogen) atoms. The highest BCUT2D eigenvalue weighted by Gasteiger charge is 2.31. The van der Waals surface area contributed by atoms with Gasteiger partial charge in [0.15, 0.2) is 0 Å². The zero-order valence-electron chi connectivity index (χ0n) is 15.2. The van der Waals surface area contributed by atoms with Gasteiger partial charge in [0, 0.05) is 30.9 Å². The summed E-state index contributed by atoms with van der Waals surface area (Å²) in [7, 11) is 1.97. The Morgan fingerprint density at radius 3 is 3.00 bits per heavy atom. The molecule has 0 aliphatic carbocycles. The van der Waals surface area contributed by atoms with E-state index in [1.165, 1.54) is 11.4 Å². The second kappa shape index (κ2) is 7.66. The summed E-state index contributed by atoms with van der Waals surface area (Å²) in [5.41, 5.74) is 5.81. The zero-order chi connectivity index (χ0) is 17.8. The third-order valence-corrected chi connectivity index (χ3v) is 4.87. The molecular weight excluding hydrogens is 310 g/mol. The average molecular weight is 337 g/mol. The maximum Gasteiger partial charge on any atom is 0.0827 e. The van der Waals surface area contributed by atoms with Gasteiger partial charge in [0.25, 0.3) is 0 Å². The lowest BCUT2D eigenvalue weighted by molar-refractivity contribution is 0.563. The first-order valence-electron chi connectivity index (χ1n) is 8.91. The molecule has 3 rings (SSSR count). The molecule has 0 amide bonds. The van der Waals surface area contributed by atoms with E-state index >= 15 is 0 Å². The second-order valence-electron chi connectivity index (χ2n) is 6.42. The van der Waals surface area contributed by atoms with E-state index in [-0.39, 0.29) is 0 Å². The maximum atomic E-state index is 4.61. The van der Waals surface area contributed by atoms with Gasteiger partial charge >= 0.3 is 0 Å². The van der Waals surface area contributed by atoms with Gasteiger partial charge in [-0.15, -0.1) is 0 Å². The molecule has 1 aliphatic rings. The molecule has 1 aliphatic heterocycles. The summed E-state index contributed by atoms with van der Waals surface area (Å²) in [6, 6.07) is 4.04. The van der Waals surface area contributed by atoms with Crippen LogP contribution in [0.15, 0.2) is 43.4 Å². The minimum absolute atomic E-state index is 0.340. The lowest BCUT2D eigenvalue weighted by atomic mass is 9.99. The number of likely N-dealkylation sites (N-methyl/N-ethyl adjacent to an activating group) is 1. The van der Waals surface area contributed by atoms with Gasteiger partial charge in [-0.05, 0) is 31.5 Å². The molecule has 0 spiro atoms. The first-order valence-corrected chi connectivity index (χ1v) is 8.91. The molecule has 2 aromatic heterocycles. The molecule has 2 aromatic rings. The Hall–Kier alpha value is -2.40. The van der Waals surface area contributed by atoms with Crippen molar-refractivity contribution in [1.82, 2.24) is 20.1 Å². The van der Waals surface area contributed by atoms with Crippen molar-refractivity contribution in [3.05, 3.63) is 60.3 Å². The molecule has 1 N–H and O–H groups in total. The van der Waals surface area contributed by atoms with Crippen molar-refractivity contribution in [2.45, 2.75) is 32.2 Å². The van der Waals surface area contributed by atoms with Crippen LogP contribution in [-0.4, -0.2) is 34.9 Å². The molecule has 1 saturated heterocycles. The molecule has 5 heteroatoms. The van der Waals surface area contributed by atoms with Crippen molar-refractivity contribution in [3.63, 3.8) is 0 Å². The number of rotatable bonds is 7. The van der Waals surface area contributed by atoms with Crippen LogP contribution in [0, 0.1) is 0 Å². The summed E-state index contributed by atoms with van der Waals surface area (Å²) in [4.78, 5) is 6.93. The van der Waals surface area contributed by atoms with Gasteiger partial charge < -0.3 is 10.2 Å². The van der Waals surface area contributed by atoms with E-state index in [1.807, 2.05) is 31.6 Å². The molecule has 0 bridgehead atoms. The number of aromatic nitrogens is 3. The molecule has 132 valence electrons. The van der Waals surface area contributed by atoms with Gasteiger partial charge in [0.2, 0.25) is 0 Å². The SMILES string of the molecule is C=Cc1cccnc1C1CC(=C)N(c2cnn(CCNC)c2CC)C1. The van der Waals surface area contributed by atoms with Gasteiger partial charge in [0.05, 0.1) is 29.8 Å². The van der Waals surface area contributed by atoms with Crippen LogP contribution < -0.4 is 10.2 Å². The van der Waals surface area contributed by atoms with E-state index in [4.69, 9.17) is 0 Å². The fourth-order valence-corrected chi connectivity index (χ4v) is 3.60. The van der Waals surface area contributed by atoms with Crippen molar-refractivity contribution in [3.8, 4) is 0 Å². The monoisotopic (exact) mass is 337 g/mol. The number of allylic oxidation sites excluding steroid dienone is 1. The Morgan fingerprint density at radius 1 is 1.44 bits per heavy atom. The van der Waals surface area contributed by atoms with E-state index < -0.39 is 0 Å². The predicted molar refractivity (Wildman–Crippen MR) is 104 cm³/mol. The second-order valence-corrected chi connectivity index (χ2v) is 6.42. The van der Waals surface area contributed by atoms with Gasteiger partial charge in [0.1, 0.15) is 0 Å². The van der Waals surface area contributed by atoms with E-state index in [2.05, 4.69) is 51.1 Å². The minimum atomic E-state index is 0.340. The third kappa shape index (κ3) is 3.37. The van der Waals surface area contributed by atoms with Crippen LogP contribution in [0.5, 0.6) is 0 Å². The fraction of sp³-hybridized carbons (Fsp3) is 0.400. The first kappa shape index (κ1) is 17.4. The Balaban J connectivity index is 1.86.